The van der Waals surface area contributed by atoms with E-state index >= 15 is 0 Å². The van der Waals surface area contributed by atoms with Crippen LogP contribution in [0.2, 0.25) is 0 Å². The molecule has 3 rings (SSSR count). The Morgan fingerprint density at radius 1 is 1.25 bits per heavy atom. The molecule has 0 amide bonds. The number of fused-ring (bicyclic) bond motifs is 1. The van der Waals surface area contributed by atoms with Crippen molar-refractivity contribution in [1.29, 1.82) is 0 Å². The van der Waals surface area contributed by atoms with Crippen molar-refractivity contribution in [2.24, 2.45) is 0 Å². The van der Waals surface area contributed by atoms with Crippen LogP contribution in [0.3, 0.4) is 0 Å². The van der Waals surface area contributed by atoms with E-state index in [4.69, 9.17) is 4.74 Å². The number of piperidine rings is 1. The van der Waals surface area contributed by atoms with Crippen LogP contribution in [0, 0.1) is 11.6 Å². The Morgan fingerprint density at radius 3 is 2.85 bits per heavy atom. The van der Waals surface area contributed by atoms with E-state index in [0.29, 0.717) is 24.4 Å². The minimum absolute atomic E-state index is 0.184. The number of halogens is 2. The number of ether oxygens (including phenoxy) is 1. The topological polar surface area (TPSA) is 49.9 Å². The molecule has 0 bridgehead atoms. The zero-order valence-electron chi connectivity index (χ0n) is 11.1. The number of benzene rings is 1. The Kier molecular flexibility index (Phi) is 3.93. The van der Waals surface area contributed by atoms with E-state index in [2.05, 4.69) is 15.3 Å². The van der Waals surface area contributed by atoms with Gasteiger partial charge in [-0.3, -0.25) is 0 Å². The maximum Gasteiger partial charge on any atom is 0.153 e. The van der Waals surface area contributed by atoms with E-state index < -0.39 is 11.6 Å². The molecule has 0 aliphatic carbocycles. The summed E-state index contributed by atoms with van der Waals surface area (Å²) in [5.74, 6) is -0.614. The lowest BCUT2D eigenvalue weighted by molar-refractivity contribution is 0.0343. The molecule has 0 unspecified atom stereocenters. The number of imidazole rings is 1. The Labute approximate surface area is 115 Å². The Balaban J connectivity index is 1.61. The van der Waals surface area contributed by atoms with Gasteiger partial charge in [0.05, 0.1) is 18.2 Å². The highest BCUT2D eigenvalue weighted by molar-refractivity contribution is 5.75. The van der Waals surface area contributed by atoms with Gasteiger partial charge in [-0.1, -0.05) is 0 Å². The summed E-state index contributed by atoms with van der Waals surface area (Å²) in [6.07, 6.45) is 2.88. The quantitative estimate of drug-likeness (QED) is 0.903. The third-order valence-corrected chi connectivity index (χ3v) is 3.53. The normalized spacial score (nSPS) is 16.9. The molecule has 2 N–H and O–H groups in total. The summed E-state index contributed by atoms with van der Waals surface area (Å²) in [7, 11) is 0. The van der Waals surface area contributed by atoms with Crippen LogP contribution in [0.1, 0.15) is 18.7 Å². The Hall–Kier alpha value is -1.53. The van der Waals surface area contributed by atoms with Gasteiger partial charge in [-0.2, -0.15) is 0 Å². The van der Waals surface area contributed by atoms with Gasteiger partial charge < -0.3 is 15.0 Å². The van der Waals surface area contributed by atoms with E-state index in [1.54, 1.807) is 0 Å². The highest BCUT2D eigenvalue weighted by atomic mass is 19.1. The van der Waals surface area contributed by atoms with Crippen molar-refractivity contribution in [3.8, 4) is 0 Å². The number of aromatic amines is 1. The summed E-state index contributed by atoms with van der Waals surface area (Å²) < 4.78 is 32.4. The van der Waals surface area contributed by atoms with Gasteiger partial charge in [-0.05, 0) is 32.0 Å². The molecule has 0 atom stereocenters. The lowest BCUT2D eigenvalue weighted by Gasteiger charge is -2.22. The molecular formula is C14H17F2N3O. The fourth-order valence-corrected chi connectivity index (χ4v) is 2.50. The zero-order chi connectivity index (χ0) is 13.9. The van der Waals surface area contributed by atoms with Crippen molar-refractivity contribution in [3.63, 3.8) is 0 Å². The van der Waals surface area contributed by atoms with Gasteiger partial charge in [0.2, 0.25) is 0 Å². The molecule has 1 aliphatic rings. The van der Waals surface area contributed by atoms with Gasteiger partial charge in [-0.15, -0.1) is 0 Å². The molecule has 2 heterocycles. The SMILES string of the molecule is Fc1cc(F)c2nc(CCOC3CCNCC3)[nH]c2c1. The fourth-order valence-electron chi connectivity index (χ4n) is 2.50. The maximum absolute atomic E-state index is 13.5. The van der Waals surface area contributed by atoms with Crippen LogP contribution < -0.4 is 5.32 Å². The van der Waals surface area contributed by atoms with Crippen LogP contribution in [0.4, 0.5) is 8.78 Å². The molecule has 0 radical (unpaired) electrons. The average Bonchev–Trinajstić information content (AvgIpc) is 2.83. The molecular weight excluding hydrogens is 264 g/mol. The molecule has 4 nitrogen and oxygen atoms in total. The first-order chi connectivity index (χ1) is 9.72. The second-order valence-electron chi connectivity index (χ2n) is 5.04. The van der Waals surface area contributed by atoms with Crippen LogP contribution in [0.25, 0.3) is 11.0 Å². The average molecular weight is 281 g/mol. The molecule has 0 saturated carbocycles. The molecule has 2 aromatic rings. The number of hydrogen-bond donors (Lipinski definition) is 2. The van der Waals surface area contributed by atoms with Gasteiger partial charge in [0, 0.05) is 12.5 Å². The molecule has 1 aromatic carbocycles. The second kappa shape index (κ2) is 5.85. The van der Waals surface area contributed by atoms with E-state index in [1.807, 2.05) is 0 Å². The molecule has 0 spiro atoms. The summed E-state index contributed by atoms with van der Waals surface area (Å²) in [6.45, 7) is 2.51. The number of aromatic nitrogens is 2. The van der Waals surface area contributed by atoms with Gasteiger partial charge in [0.1, 0.15) is 17.2 Å². The molecule has 6 heteroatoms. The fraction of sp³-hybridized carbons (Fsp3) is 0.500. The van der Waals surface area contributed by atoms with Crippen LogP contribution in [0.5, 0.6) is 0 Å². The smallest absolute Gasteiger partial charge is 0.153 e. The Morgan fingerprint density at radius 2 is 2.05 bits per heavy atom. The lowest BCUT2D eigenvalue weighted by atomic mass is 10.1. The summed E-state index contributed by atoms with van der Waals surface area (Å²) in [6, 6.07) is 2.10. The standard InChI is InChI=1S/C14H17F2N3O/c15-9-7-11(16)14-12(8-9)18-13(19-14)3-6-20-10-1-4-17-5-2-10/h7-8,10,17H,1-6H2,(H,18,19). The lowest BCUT2D eigenvalue weighted by Crippen LogP contribution is -2.32. The molecule has 1 aromatic heterocycles. The van der Waals surface area contributed by atoms with Gasteiger partial charge >= 0.3 is 0 Å². The number of nitrogens with one attached hydrogen (secondary N) is 2. The van der Waals surface area contributed by atoms with Crippen LogP contribution >= 0.6 is 0 Å². The van der Waals surface area contributed by atoms with Gasteiger partial charge in [0.15, 0.2) is 5.82 Å². The summed E-state index contributed by atoms with van der Waals surface area (Å²) in [4.78, 5) is 7.08. The van der Waals surface area contributed by atoms with Crippen LogP contribution in [-0.4, -0.2) is 35.8 Å². The summed E-state index contributed by atoms with van der Waals surface area (Å²) in [5, 5.41) is 3.28. The highest BCUT2D eigenvalue weighted by Crippen LogP contribution is 2.17. The molecule has 1 fully saturated rings. The third kappa shape index (κ3) is 2.96. The van der Waals surface area contributed by atoms with Gasteiger partial charge in [-0.25, -0.2) is 13.8 Å². The van der Waals surface area contributed by atoms with Gasteiger partial charge in [0.25, 0.3) is 0 Å². The summed E-state index contributed by atoms with van der Waals surface area (Å²) in [5.41, 5.74) is 0.572. The van der Waals surface area contributed by atoms with Crippen LogP contribution in [-0.2, 0) is 11.2 Å². The van der Waals surface area contributed by atoms with Crippen molar-refractivity contribution in [3.05, 3.63) is 29.6 Å². The maximum atomic E-state index is 13.5. The van der Waals surface area contributed by atoms with Crippen molar-refractivity contribution in [2.45, 2.75) is 25.4 Å². The largest absolute Gasteiger partial charge is 0.378 e. The first kappa shape index (κ1) is 13.5. The van der Waals surface area contributed by atoms with E-state index in [-0.39, 0.29) is 11.6 Å². The number of nitrogens with zero attached hydrogens (tertiary/aromatic N) is 1. The minimum Gasteiger partial charge on any atom is -0.378 e. The van der Waals surface area contributed by atoms with E-state index in [1.165, 1.54) is 6.07 Å². The zero-order valence-corrected chi connectivity index (χ0v) is 11.1. The molecule has 20 heavy (non-hydrogen) atoms. The van der Waals surface area contributed by atoms with Crippen molar-refractivity contribution < 1.29 is 13.5 Å². The summed E-state index contributed by atoms with van der Waals surface area (Å²) >= 11 is 0. The monoisotopic (exact) mass is 281 g/mol. The predicted molar refractivity (Wildman–Crippen MR) is 71.6 cm³/mol. The Bertz CT molecular complexity index is 593. The first-order valence-electron chi connectivity index (χ1n) is 6.88. The van der Waals surface area contributed by atoms with Crippen molar-refractivity contribution in [2.75, 3.05) is 19.7 Å². The molecule has 108 valence electrons. The van der Waals surface area contributed by atoms with E-state index in [0.717, 1.165) is 32.0 Å². The van der Waals surface area contributed by atoms with Crippen molar-refractivity contribution >= 4 is 11.0 Å². The number of hydrogen-bond acceptors (Lipinski definition) is 3. The van der Waals surface area contributed by atoms with Crippen LogP contribution in [0.15, 0.2) is 12.1 Å². The highest BCUT2D eigenvalue weighted by Gasteiger charge is 2.14. The van der Waals surface area contributed by atoms with Crippen molar-refractivity contribution in [1.82, 2.24) is 15.3 Å². The first-order valence-corrected chi connectivity index (χ1v) is 6.88. The molecule has 1 aliphatic heterocycles. The third-order valence-electron chi connectivity index (χ3n) is 3.53. The predicted octanol–water partition coefficient (Wildman–Crippen LogP) is 2.15. The van der Waals surface area contributed by atoms with E-state index in [9.17, 15) is 8.78 Å². The second-order valence-corrected chi connectivity index (χ2v) is 5.04. The number of rotatable bonds is 4. The molecule has 1 saturated heterocycles. The minimum atomic E-state index is -0.637. The number of H-pyrrole nitrogens is 1.